The first-order valence-electron chi connectivity index (χ1n) is 7.90. The molecule has 0 unspecified atom stereocenters. The molecule has 0 spiro atoms. The van der Waals surface area contributed by atoms with Gasteiger partial charge < -0.3 is 5.32 Å². The van der Waals surface area contributed by atoms with Gasteiger partial charge in [0.25, 0.3) is 0 Å². The summed E-state index contributed by atoms with van der Waals surface area (Å²) in [7, 11) is 0. The third-order valence-corrected chi connectivity index (χ3v) is 4.23. The summed E-state index contributed by atoms with van der Waals surface area (Å²) in [5.74, 6) is -0.346. The molecule has 4 heteroatoms. The SMILES string of the molecule is Cc1nc2ccccc2c(C)c1CC(=O)NCc1ccc(F)cc1. The van der Waals surface area contributed by atoms with Crippen LogP contribution in [-0.4, -0.2) is 10.9 Å². The van der Waals surface area contributed by atoms with Crippen LogP contribution in [0.4, 0.5) is 4.39 Å². The fraction of sp³-hybridized carbons (Fsp3) is 0.200. The number of hydrogen-bond donors (Lipinski definition) is 1. The van der Waals surface area contributed by atoms with Crippen LogP contribution in [0.1, 0.15) is 22.4 Å². The number of nitrogens with zero attached hydrogens (tertiary/aromatic N) is 1. The van der Waals surface area contributed by atoms with Gasteiger partial charge in [-0.2, -0.15) is 0 Å². The van der Waals surface area contributed by atoms with Crippen molar-refractivity contribution in [2.45, 2.75) is 26.8 Å². The second-order valence-electron chi connectivity index (χ2n) is 5.90. The third-order valence-electron chi connectivity index (χ3n) is 4.23. The molecule has 1 heterocycles. The lowest BCUT2D eigenvalue weighted by molar-refractivity contribution is -0.120. The van der Waals surface area contributed by atoms with Gasteiger partial charge in [0.2, 0.25) is 5.91 Å². The minimum Gasteiger partial charge on any atom is -0.352 e. The van der Waals surface area contributed by atoms with Crippen LogP contribution in [0, 0.1) is 19.7 Å². The monoisotopic (exact) mass is 322 g/mol. The molecule has 122 valence electrons. The van der Waals surface area contributed by atoms with E-state index < -0.39 is 0 Å². The van der Waals surface area contributed by atoms with Gasteiger partial charge in [0.05, 0.1) is 11.9 Å². The molecule has 0 aliphatic heterocycles. The molecule has 1 N–H and O–H groups in total. The highest BCUT2D eigenvalue weighted by molar-refractivity contribution is 5.86. The number of para-hydroxylation sites is 1. The Hall–Kier alpha value is -2.75. The molecular weight excluding hydrogens is 303 g/mol. The summed E-state index contributed by atoms with van der Waals surface area (Å²) in [4.78, 5) is 16.9. The van der Waals surface area contributed by atoms with Gasteiger partial charge >= 0.3 is 0 Å². The number of aromatic nitrogens is 1. The zero-order valence-electron chi connectivity index (χ0n) is 13.8. The van der Waals surface area contributed by atoms with Gasteiger partial charge in [-0.3, -0.25) is 9.78 Å². The summed E-state index contributed by atoms with van der Waals surface area (Å²) in [6.07, 6.45) is 0.288. The maximum Gasteiger partial charge on any atom is 0.224 e. The number of benzene rings is 2. The van der Waals surface area contributed by atoms with Crippen LogP contribution in [0.2, 0.25) is 0 Å². The van der Waals surface area contributed by atoms with Gasteiger partial charge in [-0.1, -0.05) is 30.3 Å². The minimum atomic E-state index is -0.279. The number of halogens is 1. The molecule has 3 nitrogen and oxygen atoms in total. The van der Waals surface area contributed by atoms with Crippen molar-refractivity contribution in [2.24, 2.45) is 0 Å². The van der Waals surface area contributed by atoms with E-state index in [1.54, 1.807) is 12.1 Å². The average molecular weight is 322 g/mol. The van der Waals surface area contributed by atoms with Gasteiger partial charge in [0.1, 0.15) is 5.82 Å². The molecule has 0 radical (unpaired) electrons. The zero-order valence-corrected chi connectivity index (χ0v) is 13.8. The summed E-state index contributed by atoms with van der Waals surface area (Å²) < 4.78 is 12.9. The van der Waals surface area contributed by atoms with Crippen LogP contribution >= 0.6 is 0 Å². The Morgan fingerprint density at radius 3 is 2.54 bits per heavy atom. The smallest absolute Gasteiger partial charge is 0.224 e. The highest BCUT2D eigenvalue weighted by Crippen LogP contribution is 2.22. The first-order chi connectivity index (χ1) is 11.5. The fourth-order valence-electron chi connectivity index (χ4n) is 2.86. The van der Waals surface area contributed by atoms with E-state index in [0.717, 1.165) is 33.3 Å². The molecular formula is C20H19FN2O. The first-order valence-corrected chi connectivity index (χ1v) is 7.90. The van der Waals surface area contributed by atoms with E-state index >= 15 is 0 Å². The number of fused-ring (bicyclic) bond motifs is 1. The molecule has 3 aromatic rings. The molecule has 0 aliphatic rings. The lowest BCUT2D eigenvalue weighted by Gasteiger charge is -2.12. The Morgan fingerprint density at radius 1 is 1.08 bits per heavy atom. The van der Waals surface area contributed by atoms with E-state index in [1.165, 1.54) is 12.1 Å². The number of aryl methyl sites for hydroxylation is 2. The van der Waals surface area contributed by atoms with Crippen molar-refractivity contribution in [1.82, 2.24) is 10.3 Å². The molecule has 3 rings (SSSR count). The molecule has 2 aromatic carbocycles. The van der Waals surface area contributed by atoms with E-state index in [4.69, 9.17) is 0 Å². The van der Waals surface area contributed by atoms with Crippen LogP contribution in [0.3, 0.4) is 0 Å². The topological polar surface area (TPSA) is 42.0 Å². The van der Waals surface area contributed by atoms with Crippen LogP contribution in [0.25, 0.3) is 10.9 Å². The van der Waals surface area contributed by atoms with E-state index in [9.17, 15) is 9.18 Å². The molecule has 0 aliphatic carbocycles. The summed E-state index contributed by atoms with van der Waals surface area (Å²) in [5.41, 5.74) is 4.75. The molecule has 0 bridgehead atoms. The van der Waals surface area contributed by atoms with Gasteiger partial charge in [-0.25, -0.2) is 4.39 Å². The second kappa shape index (κ2) is 6.79. The predicted molar refractivity (Wildman–Crippen MR) is 93.2 cm³/mol. The van der Waals surface area contributed by atoms with E-state index in [1.807, 2.05) is 38.1 Å². The lowest BCUT2D eigenvalue weighted by atomic mass is 9.99. The van der Waals surface area contributed by atoms with Crippen molar-refractivity contribution in [3.63, 3.8) is 0 Å². The van der Waals surface area contributed by atoms with Crippen molar-refractivity contribution in [3.8, 4) is 0 Å². The largest absolute Gasteiger partial charge is 0.352 e. The van der Waals surface area contributed by atoms with Crippen LogP contribution in [0.15, 0.2) is 48.5 Å². The molecule has 0 fully saturated rings. The molecule has 0 atom stereocenters. The van der Waals surface area contributed by atoms with Crippen molar-refractivity contribution in [1.29, 1.82) is 0 Å². The molecule has 1 amide bonds. The van der Waals surface area contributed by atoms with Crippen molar-refractivity contribution < 1.29 is 9.18 Å². The van der Waals surface area contributed by atoms with Crippen LogP contribution in [0.5, 0.6) is 0 Å². The minimum absolute atomic E-state index is 0.0670. The van der Waals surface area contributed by atoms with Crippen molar-refractivity contribution in [2.75, 3.05) is 0 Å². The maximum atomic E-state index is 12.9. The normalized spacial score (nSPS) is 10.8. The maximum absolute atomic E-state index is 12.9. The third kappa shape index (κ3) is 3.43. The average Bonchev–Trinajstić information content (AvgIpc) is 2.58. The standard InChI is InChI=1S/C20H19FN2O/c1-13-17-5-3-4-6-19(17)23-14(2)18(13)11-20(24)22-12-15-7-9-16(21)10-8-15/h3-10H,11-12H2,1-2H3,(H,22,24). The first kappa shape index (κ1) is 16.1. The number of rotatable bonds is 4. The molecule has 1 aromatic heterocycles. The number of amides is 1. The van der Waals surface area contributed by atoms with Gasteiger partial charge in [-0.05, 0) is 48.7 Å². The van der Waals surface area contributed by atoms with Crippen molar-refractivity contribution >= 4 is 16.8 Å². The van der Waals surface area contributed by atoms with E-state index in [2.05, 4.69) is 10.3 Å². The molecule has 24 heavy (non-hydrogen) atoms. The van der Waals surface area contributed by atoms with Crippen molar-refractivity contribution in [3.05, 3.63) is 76.7 Å². The quantitative estimate of drug-likeness (QED) is 0.793. The lowest BCUT2D eigenvalue weighted by Crippen LogP contribution is -2.25. The number of hydrogen-bond acceptors (Lipinski definition) is 2. The Balaban J connectivity index is 1.74. The summed E-state index contributed by atoms with van der Waals surface area (Å²) in [6, 6.07) is 14.1. The molecule has 0 saturated carbocycles. The van der Waals surface area contributed by atoms with Crippen LogP contribution < -0.4 is 5.32 Å². The Labute approximate surface area is 140 Å². The number of carbonyl (C=O) groups excluding carboxylic acids is 1. The fourth-order valence-corrected chi connectivity index (χ4v) is 2.86. The van der Waals surface area contributed by atoms with E-state index in [0.29, 0.717) is 6.54 Å². The van der Waals surface area contributed by atoms with Gasteiger partial charge in [-0.15, -0.1) is 0 Å². The van der Waals surface area contributed by atoms with Gasteiger partial charge in [0.15, 0.2) is 0 Å². The van der Waals surface area contributed by atoms with Gasteiger partial charge in [0, 0.05) is 17.6 Å². The summed E-state index contributed by atoms with van der Waals surface area (Å²) in [5, 5.41) is 3.95. The Kier molecular flexibility index (Phi) is 4.56. The Morgan fingerprint density at radius 2 is 1.79 bits per heavy atom. The number of nitrogens with one attached hydrogen (secondary N) is 1. The Bertz CT molecular complexity index is 888. The summed E-state index contributed by atoms with van der Waals surface area (Å²) >= 11 is 0. The summed E-state index contributed by atoms with van der Waals surface area (Å²) in [6.45, 7) is 4.35. The number of carbonyl (C=O) groups is 1. The highest BCUT2D eigenvalue weighted by Gasteiger charge is 2.12. The predicted octanol–water partition coefficient (Wildman–Crippen LogP) is 3.85. The second-order valence-corrected chi connectivity index (χ2v) is 5.90. The van der Waals surface area contributed by atoms with Crippen LogP contribution in [-0.2, 0) is 17.8 Å². The highest BCUT2D eigenvalue weighted by atomic mass is 19.1. The number of pyridine rings is 1. The zero-order chi connectivity index (χ0) is 17.1. The molecule has 0 saturated heterocycles. The van der Waals surface area contributed by atoms with E-state index in [-0.39, 0.29) is 18.1 Å².